The molecule has 0 spiro atoms. The van der Waals surface area contributed by atoms with Crippen LogP contribution in [0.3, 0.4) is 0 Å². The Hall–Kier alpha value is -2.45. The fourth-order valence-corrected chi connectivity index (χ4v) is 4.87. The molecular formula is C25H19BrCl2N2O3S. The van der Waals surface area contributed by atoms with Crippen molar-refractivity contribution in [3.63, 3.8) is 0 Å². The second kappa shape index (κ2) is 11.3. The summed E-state index contributed by atoms with van der Waals surface area (Å²) in [5, 5.41) is 3.92. The van der Waals surface area contributed by atoms with E-state index in [0.717, 1.165) is 15.6 Å². The van der Waals surface area contributed by atoms with Crippen LogP contribution in [0.25, 0.3) is 6.08 Å². The molecule has 1 N–H and O–H groups in total. The lowest BCUT2D eigenvalue weighted by Gasteiger charge is -2.15. The van der Waals surface area contributed by atoms with Gasteiger partial charge in [0, 0.05) is 0 Å². The van der Waals surface area contributed by atoms with Crippen LogP contribution in [0.2, 0.25) is 10.0 Å². The molecule has 1 saturated heterocycles. The van der Waals surface area contributed by atoms with Crippen molar-refractivity contribution in [2.45, 2.75) is 13.5 Å². The fraction of sp³-hybridized carbons (Fsp3) is 0.120. The Balaban J connectivity index is 1.57. The highest BCUT2D eigenvalue weighted by atomic mass is 79.9. The molecule has 0 saturated carbocycles. The number of halogens is 3. The molecule has 0 radical (unpaired) electrons. The van der Waals surface area contributed by atoms with E-state index in [1.807, 2.05) is 49.4 Å². The van der Waals surface area contributed by atoms with E-state index in [-0.39, 0.29) is 5.91 Å². The summed E-state index contributed by atoms with van der Waals surface area (Å²) in [5.74, 6) is 0.942. The number of hydrogen-bond acceptors (Lipinski definition) is 5. The maximum Gasteiger partial charge on any atom is 0.264 e. The number of amidine groups is 1. The lowest BCUT2D eigenvalue weighted by atomic mass is 10.1. The highest BCUT2D eigenvalue weighted by Crippen LogP contribution is 2.39. The molecule has 1 amide bonds. The first-order valence-electron chi connectivity index (χ1n) is 10.3. The molecule has 34 heavy (non-hydrogen) atoms. The summed E-state index contributed by atoms with van der Waals surface area (Å²) in [4.78, 5) is 17.5. The van der Waals surface area contributed by atoms with Crippen molar-refractivity contribution in [2.75, 3.05) is 6.61 Å². The van der Waals surface area contributed by atoms with Crippen LogP contribution in [0.5, 0.6) is 11.5 Å². The first kappa shape index (κ1) is 24.7. The van der Waals surface area contributed by atoms with Crippen molar-refractivity contribution in [2.24, 2.45) is 4.99 Å². The van der Waals surface area contributed by atoms with Crippen molar-refractivity contribution in [1.29, 1.82) is 0 Å². The summed E-state index contributed by atoms with van der Waals surface area (Å²) in [6, 6.07) is 18.8. The number of aliphatic imine (C=N–C) groups is 1. The number of amides is 1. The number of thioether (sulfide) groups is 1. The molecule has 0 aromatic heterocycles. The van der Waals surface area contributed by atoms with Gasteiger partial charge in [-0.3, -0.25) is 4.79 Å². The molecule has 4 rings (SSSR count). The fourth-order valence-electron chi connectivity index (χ4n) is 3.12. The summed E-state index contributed by atoms with van der Waals surface area (Å²) in [6.07, 6.45) is 1.77. The van der Waals surface area contributed by atoms with Crippen LogP contribution in [0.15, 0.2) is 75.0 Å². The number of rotatable bonds is 7. The Morgan fingerprint density at radius 3 is 2.65 bits per heavy atom. The molecular weight excluding hydrogens is 559 g/mol. The zero-order valence-corrected chi connectivity index (χ0v) is 21.9. The Morgan fingerprint density at radius 2 is 1.88 bits per heavy atom. The minimum atomic E-state index is -0.250. The third-order valence-electron chi connectivity index (χ3n) is 4.66. The maximum absolute atomic E-state index is 12.5. The highest BCUT2D eigenvalue weighted by Gasteiger charge is 2.25. The topological polar surface area (TPSA) is 59.9 Å². The second-order valence-electron chi connectivity index (χ2n) is 7.09. The normalized spacial score (nSPS) is 15.6. The van der Waals surface area contributed by atoms with Gasteiger partial charge in [-0.1, -0.05) is 59.6 Å². The molecule has 1 aliphatic rings. The van der Waals surface area contributed by atoms with Gasteiger partial charge in [0.1, 0.15) is 6.61 Å². The van der Waals surface area contributed by atoms with Gasteiger partial charge >= 0.3 is 0 Å². The van der Waals surface area contributed by atoms with Crippen molar-refractivity contribution < 1.29 is 14.3 Å². The van der Waals surface area contributed by atoms with Gasteiger partial charge in [-0.15, -0.1) is 0 Å². The number of benzene rings is 3. The highest BCUT2D eigenvalue weighted by molar-refractivity contribution is 9.10. The van der Waals surface area contributed by atoms with E-state index in [1.54, 1.807) is 24.3 Å². The molecule has 1 heterocycles. The predicted octanol–water partition coefficient (Wildman–Crippen LogP) is 7.63. The van der Waals surface area contributed by atoms with E-state index in [2.05, 4.69) is 26.2 Å². The number of hydrogen-bond donors (Lipinski definition) is 1. The minimum absolute atomic E-state index is 0.250. The van der Waals surface area contributed by atoms with Gasteiger partial charge < -0.3 is 14.8 Å². The molecule has 0 aliphatic carbocycles. The Kier molecular flexibility index (Phi) is 8.21. The number of ether oxygens (including phenoxy) is 2. The van der Waals surface area contributed by atoms with Crippen molar-refractivity contribution >= 4 is 73.7 Å². The average Bonchev–Trinajstić information content (AvgIpc) is 3.15. The Bertz CT molecular complexity index is 1280. The molecule has 0 unspecified atom stereocenters. The van der Waals surface area contributed by atoms with E-state index >= 15 is 0 Å². The first-order chi connectivity index (χ1) is 16.4. The average molecular weight is 578 g/mol. The number of carbonyl (C=O) groups is 1. The van der Waals surface area contributed by atoms with Gasteiger partial charge in [0.05, 0.1) is 31.7 Å². The van der Waals surface area contributed by atoms with Crippen molar-refractivity contribution in [3.8, 4) is 11.5 Å². The standard InChI is InChI=1S/C25H19BrCl2N2O3S/c1-2-32-20-12-16(11-17(26)23(20)33-14-15-7-4-3-5-8-15)13-21-24(31)30-25(34-21)29-19-10-6-9-18(27)22(19)28/h3-13H,2,14H2,1H3,(H,29,30,31)/b21-13-. The second-order valence-corrected chi connectivity index (χ2v) is 9.76. The Labute approximate surface area is 220 Å². The van der Waals surface area contributed by atoms with Gasteiger partial charge in [-0.2, -0.15) is 0 Å². The smallest absolute Gasteiger partial charge is 0.264 e. The van der Waals surface area contributed by atoms with Gasteiger partial charge in [-0.25, -0.2) is 4.99 Å². The van der Waals surface area contributed by atoms with E-state index in [4.69, 9.17) is 32.7 Å². The van der Waals surface area contributed by atoms with Crippen LogP contribution >= 0.6 is 50.9 Å². The Morgan fingerprint density at radius 1 is 1.09 bits per heavy atom. The monoisotopic (exact) mass is 576 g/mol. The maximum atomic E-state index is 12.5. The predicted molar refractivity (Wildman–Crippen MR) is 143 cm³/mol. The van der Waals surface area contributed by atoms with Gasteiger partial charge in [0.2, 0.25) is 0 Å². The zero-order chi connectivity index (χ0) is 24.1. The molecule has 0 atom stereocenters. The molecule has 3 aromatic rings. The minimum Gasteiger partial charge on any atom is -0.490 e. The number of nitrogens with zero attached hydrogens (tertiary/aromatic N) is 1. The molecule has 1 aliphatic heterocycles. The summed E-state index contributed by atoms with van der Waals surface area (Å²) in [5.41, 5.74) is 2.32. The number of carbonyl (C=O) groups excluding carboxylic acids is 1. The quantitative estimate of drug-likeness (QED) is 0.293. The van der Waals surface area contributed by atoms with E-state index in [9.17, 15) is 4.79 Å². The van der Waals surface area contributed by atoms with Gasteiger partial charge in [-0.05, 0) is 76.1 Å². The van der Waals surface area contributed by atoms with E-state index in [1.165, 1.54) is 11.8 Å². The molecule has 9 heteroatoms. The molecule has 5 nitrogen and oxygen atoms in total. The van der Waals surface area contributed by atoms with Crippen LogP contribution in [0.4, 0.5) is 5.69 Å². The third-order valence-corrected chi connectivity index (χ3v) is 6.97. The lowest BCUT2D eigenvalue weighted by Crippen LogP contribution is -2.19. The summed E-state index contributed by atoms with van der Waals surface area (Å²) < 4.78 is 12.6. The number of nitrogens with one attached hydrogen (secondary N) is 1. The summed E-state index contributed by atoms with van der Waals surface area (Å²) in [7, 11) is 0. The third kappa shape index (κ3) is 5.96. The van der Waals surface area contributed by atoms with Crippen LogP contribution in [-0.2, 0) is 11.4 Å². The zero-order valence-electron chi connectivity index (χ0n) is 18.0. The van der Waals surface area contributed by atoms with Gasteiger partial charge in [0.25, 0.3) is 5.91 Å². The van der Waals surface area contributed by atoms with E-state index in [0.29, 0.717) is 50.5 Å². The SMILES string of the molecule is CCOc1cc(/C=C2\SC(=Nc3cccc(Cl)c3Cl)NC2=O)cc(Br)c1OCc1ccccc1. The van der Waals surface area contributed by atoms with Crippen LogP contribution in [0.1, 0.15) is 18.1 Å². The molecule has 0 bridgehead atoms. The summed E-state index contributed by atoms with van der Waals surface area (Å²) in [6.45, 7) is 2.79. The molecule has 174 valence electrons. The lowest BCUT2D eigenvalue weighted by molar-refractivity contribution is -0.115. The van der Waals surface area contributed by atoms with Crippen molar-refractivity contribution in [3.05, 3.63) is 91.2 Å². The molecule has 3 aromatic carbocycles. The largest absolute Gasteiger partial charge is 0.490 e. The molecule has 1 fully saturated rings. The van der Waals surface area contributed by atoms with Crippen LogP contribution < -0.4 is 14.8 Å². The van der Waals surface area contributed by atoms with Crippen LogP contribution in [0, 0.1) is 0 Å². The first-order valence-corrected chi connectivity index (χ1v) is 12.7. The van der Waals surface area contributed by atoms with Crippen molar-refractivity contribution in [1.82, 2.24) is 5.32 Å². The van der Waals surface area contributed by atoms with E-state index < -0.39 is 0 Å². The summed E-state index contributed by atoms with van der Waals surface area (Å²) >= 11 is 17.1. The van der Waals surface area contributed by atoms with Gasteiger partial charge in [0.15, 0.2) is 16.7 Å². The van der Waals surface area contributed by atoms with Crippen LogP contribution in [-0.4, -0.2) is 17.7 Å².